The number of nitrogens with zero attached hydrogens (tertiary/aromatic N) is 5. The third-order valence-electron chi connectivity index (χ3n) is 3.22. The molecular weight excluding hydrogens is 278 g/mol. The topological polar surface area (TPSA) is 119 Å². The number of benzene rings is 1. The third-order valence-corrected chi connectivity index (χ3v) is 3.22. The van der Waals surface area contributed by atoms with E-state index >= 15 is 0 Å². The average molecular weight is 291 g/mol. The second-order valence-corrected chi connectivity index (χ2v) is 4.77. The van der Waals surface area contributed by atoms with E-state index in [1.807, 2.05) is 43.5 Å². The first-order valence-corrected chi connectivity index (χ1v) is 6.54. The van der Waals surface area contributed by atoms with Crippen LogP contribution < -0.4 is 11.5 Å². The number of hydrogen-bond acceptors (Lipinski definition) is 6. The van der Waals surface area contributed by atoms with Gasteiger partial charge in [0.05, 0.1) is 11.4 Å². The number of nitrogen functional groups attached to an aromatic ring is 2. The molecule has 0 radical (unpaired) electrons. The van der Waals surface area contributed by atoms with E-state index in [0.29, 0.717) is 5.69 Å². The van der Waals surface area contributed by atoms with Gasteiger partial charge in [0.25, 0.3) is 0 Å². The van der Waals surface area contributed by atoms with Crippen LogP contribution in [-0.2, 0) is 0 Å². The molecule has 0 aliphatic rings. The predicted molar refractivity (Wildman–Crippen MR) is 82.9 cm³/mol. The Hall–Kier alpha value is -3.40. The molecule has 0 unspecified atom stereocenters. The van der Waals surface area contributed by atoms with Gasteiger partial charge in [-0.05, 0) is 25.1 Å². The fourth-order valence-electron chi connectivity index (χ4n) is 2.25. The maximum Gasteiger partial charge on any atom is 0.222 e. The van der Waals surface area contributed by atoms with E-state index in [-0.39, 0.29) is 17.3 Å². The number of hydrogen-bond donors (Lipinski definition) is 2. The lowest BCUT2D eigenvalue weighted by Gasteiger charge is -2.12. The zero-order valence-corrected chi connectivity index (χ0v) is 11.9. The molecule has 2 aromatic heterocycles. The molecule has 0 aliphatic heterocycles. The van der Waals surface area contributed by atoms with E-state index in [2.05, 4.69) is 15.1 Å². The Kier molecular flexibility index (Phi) is 3.20. The summed E-state index contributed by atoms with van der Waals surface area (Å²) in [6, 6.07) is 9.65. The highest BCUT2D eigenvalue weighted by molar-refractivity contribution is 5.79. The first-order valence-electron chi connectivity index (χ1n) is 6.54. The van der Waals surface area contributed by atoms with E-state index in [4.69, 9.17) is 11.5 Å². The van der Waals surface area contributed by atoms with Crippen LogP contribution in [0.4, 0.5) is 11.8 Å². The molecule has 7 heteroatoms. The maximum absolute atomic E-state index is 9.37. The standard InChI is InChI=1S/C15H13N7/c1-9-3-4-12(22-6-2-5-19-22)10(7-9)13-11(8-16)14(17)21-15(18)20-13/h2-7H,1H3,(H4,17,18,20,21). The van der Waals surface area contributed by atoms with Crippen molar-refractivity contribution in [1.29, 1.82) is 5.26 Å². The molecule has 0 aliphatic carbocycles. The summed E-state index contributed by atoms with van der Waals surface area (Å²) in [5, 5.41) is 13.6. The number of nitriles is 1. The van der Waals surface area contributed by atoms with Gasteiger partial charge in [-0.2, -0.15) is 15.3 Å². The molecular formula is C15H13N7. The van der Waals surface area contributed by atoms with Gasteiger partial charge in [0.1, 0.15) is 17.5 Å². The van der Waals surface area contributed by atoms with E-state index in [0.717, 1.165) is 16.8 Å². The average Bonchev–Trinajstić information content (AvgIpc) is 3.00. The number of aryl methyl sites for hydroxylation is 1. The van der Waals surface area contributed by atoms with Crippen molar-refractivity contribution in [3.8, 4) is 23.0 Å². The Balaban J connectivity index is 2.34. The van der Waals surface area contributed by atoms with Crippen molar-refractivity contribution >= 4 is 11.8 Å². The molecule has 0 saturated carbocycles. The van der Waals surface area contributed by atoms with Crippen LogP contribution in [0.5, 0.6) is 0 Å². The Morgan fingerprint density at radius 1 is 1.23 bits per heavy atom. The summed E-state index contributed by atoms with van der Waals surface area (Å²) in [5.41, 5.74) is 14.6. The molecule has 0 fully saturated rings. The Morgan fingerprint density at radius 3 is 2.73 bits per heavy atom. The molecule has 0 spiro atoms. The van der Waals surface area contributed by atoms with E-state index in [1.165, 1.54) is 0 Å². The number of aromatic nitrogens is 4. The summed E-state index contributed by atoms with van der Waals surface area (Å²) in [6.07, 6.45) is 3.49. The number of anilines is 2. The lowest BCUT2D eigenvalue weighted by atomic mass is 10.0. The number of nitrogens with two attached hydrogens (primary N) is 2. The van der Waals surface area contributed by atoms with Gasteiger partial charge in [0.2, 0.25) is 5.95 Å². The van der Waals surface area contributed by atoms with Crippen LogP contribution in [-0.4, -0.2) is 19.7 Å². The lowest BCUT2D eigenvalue weighted by Crippen LogP contribution is -2.07. The summed E-state index contributed by atoms with van der Waals surface area (Å²) >= 11 is 0. The smallest absolute Gasteiger partial charge is 0.222 e. The van der Waals surface area contributed by atoms with Crippen molar-refractivity contribution in [2.45, 2.75) is 6.92 Å². The molecule has 2 heterocycles. The van der Waals surface area contributed by atoms with Crippen molar-refractivity contribution in [1.82, 2.24) is 19.7 Å². The SMILES string of the molecule is Cc1ccc(-n2cccn2)c(-c2nc(N)nc(N)c2C#N)c1. The zero-order chi connectivity index (χ0) is 15.7. The fraction of sp³-hybridized carbons (Fsp3) is 0.0667. The Morgan fingerprint density at radius 2 is 2.05 bits per heavy atom. The van der Waals surface area contributed by atoms with Crippen LogP contribution >= 0.6 is 0 Å². The van der Waals surface area contributed by atoms with E-state index in [9.17, 15) is 5.26 Å². The van der Waals surface area contributed by atoms with Crippen molar-refractivity contribution < 1.29 is 0 Å². The highest BCUT2D eigenvalue weighted by atomic mass is 15.3. The van der Waals surface area contributed by atoms with Crippen LogP contribution in [0, 0.1) is 18.3 Å². The second-order valence-electron chi connectivity index (χ2n) is 4.77. The molecule has 4 N–H and O–H groups in total. The van der Waals surface area contributed by atoms with Crippen LogP contribution in [0.3, 0.4) is 0 Å². The minimum atomic E-state index is 0.0272. The minimum Gasteiger partial charge on any atom is -0.382 e. The van der Waals surface area contributed by atoms with Gasteiger partial charge in [-0.1, -0.05) is 11.6 Å². The Bertz CT molecular complexity index is 876. The van der Waals surface area contributed by atoms with Crippen molar-refractivity contribution in [3.05, 3.63) is 47.8 Å². The van der Waals surface area contributed by atoms with Gasteiger partial charge in [0.15, 0.2) is 0 Å². The molecule has 0 saturated heterocycles. The van der Waals surface area contributed by atoms with Crippen molar-refractivity contribution in [2.24, 2.45) is 0 Å². The van der Waals surface area contributed by atoms with Gasteiger partial charge >= 0.3 is 0 Å². The molecule has 3 rings (SSSR count). The molecule has 1 aromatic carbocycles. The molecule has 0 bridgehead atoms. The second kappa shape index (κ2) is 5.18. The molecule has 22 heavy (non-hydrogen) atoms. The molecule has 7 nitrogen and oxygen atoms in total. The van der Waals surface area contributed by atoms with Gasteiger partial charge in [0, 0.05) is 18.0 Å². The van der Waals surface area contributed by atoms with Gasteiger partial charge in [-0.25, -0.2) is 9.67 Å². The fourth-order valence-corrected chi connectivity index (χ4v) is 2.25. The first-order chi connectivity index (χ1) is 10.6. The summed E-state index contributed by atoms with van der Waals surface area (Å²) in [4.78, 5) is 8.05. The normalized spacial score (nSPS) is 10.4. The summed E-state index contributed by atoms with van der Waals surface area (Å²) in [5.74, 6) is 0.0948. The van der Waals surface area contributed by atoms with Crippen LogP contribution in [0.2, 0.25) is 0 Å². The summed E-state index contributed by atoms with van der Waals surface area (Å²) < 4.78 is 1.70. The lowest BCUT2D eigenvalue weighted by molar-refractivity contribution is 0.880. The first kappa shape index (κ1) is 13.6. The van der Waals surface area contributed by atoms with Crippen LogP contribution in [0.25, 0.3) is 16.9 Å². The minimum absolute atomic E-state index is 0.0272. The summed E-state index contributed by atoms with van der Waals surface area (Å²) in [7, 11) is 0. The molecule has 108 valence electrons. The predicted octanol–water partition coefficient (Wildman–Crippen LogP) is 1.67. The maximum atomic E-state index is 9.37. The zero-order valence-electron chi connectivity index (χ0n) is 11.9. The van der Waals surface area contributed by atoms with E-state index < -0.39 is 0 Å². The van der Waals surface area contributed by atoms with E-state index in [1.54, 1.807) is 10.9 Å². The van der Waals surface area contributed by atoms with Crippen molar-refractivity contribution in [2.75, 3.05) is 11.5 Å². The molecule has 0 amide bonds. The molecule has 3 aromatic rings. The van der Waals surface area contributed by atoms with Gasteiger partial charge in [-0.3, -0.25) is 0 Å². The molecule has 0 atom stereocenters. The third kappa shape index (κ3) is 2.23. The quantitative estimate of drug-likeness (QED) is 0.741. The van der Waals surface area contributed by atoms with Gasteiger partial charge in [-0.15, -0.1) is 0 Å². The van der Waals surface area contributed by atoms with Gasteiger partial charge < -0.3 is 11.5 Å². The largest absolute Gasteiger partial charge is 0.382 e. The monoisotopic (exact) mass is 291 g/mol. The number of rotatable bonds is 2. The highest BCUT2D eigenvalue weighted by Gasteiger charge is 2.17. The van der Waals surface area contributed by atoms with Crippen molar-refractivity contribution in [3.63, 3.8) is 0 Å². The van der Waals surface area contributed by atoms with Crippen LogP contribution in [0.1, 0.15) is 11.1 Å². The summed E-state index contributed by atoms with van der Waals surface area (Å²) in [6.45, 7) is 1.95. The Labute approximate surface area is 126 Å². The van der Waals surface area contributed by atoms with Crippen LogP contribution in [0.15, 0.2) is 36.7 Å². The highest BCUT2D eigenvalue weighted by Crippen LogP contribution is 2.31.